The number of hydrogen-bond acceptors (Lipinski definition) is 3. The Hall–Kier alpha value is -1.26. The number of carbonyl (C=O) groups excluding carboxylic acids is 2. The average Bonchev–Trinajstić information content (AvgIpc) is 2.73. The first-order valence-electron chi connectivity index (χ1n) is 7.55. The smallest absolute Gasteiger partial charge is 0.410 e. The Morgan fingerprint density at radius 2 is 2.00 bits per heavy atom. The largest absolute Gasteiger partial charge is 0.444 e. The molecule has 0 unspecified atom stereocenters. The van der Waals surface area contributed by atoms with Crippen molar-refractivity contribution >= 4 is 12.0 Å². The first-order valence-corrected chi connectivity index (χ1v) is 7.55. The number of carbonyl (C=O) groups is 2. The van der Waals surface area contributed by atoms with E-state index in [2.05, 4.69) is 6.92 Å². The fourth-order valence-electron chi connectivity index (χ4n) is 3.11. The highest BCUT2D eigenvalue weighted by molar-refractivity contribution is 5.78. The molecule has 0 bridgehead atoms. The summed E-state index contributed by atoms with van der Waals surface area (Å²) in [6, 6.07) is 0.281. The number of rotatable bonds is 1. The zero-order valence-corrected chi connectivity index (χ0v) is 13.0. The fraction of sp³-hybridized carbons (Fsp3) is 0.867. The average molecular weight is 282 g/mol. The van der Waals surface area contributed by atoms with E-state index in [9.17, 15) is 9.59 Å². The van der Waals surface area contributed by atoms with E-state index in [0.29, 0.717) is 25.4 Å². The van der Waals surface area contributed by atoms with Crippen molar-refractivity contribution in [3.05, 3.63) is 0 Å². The molecule has 5 heteroatoms. The summed E-state index contributed by atoms with van der Waals surface area (Å²) in [6.07, 6.45) is 2.26. The summed E-state index contributed by atoms with van der Waals surface area (Å²) in [6.45, 7) is 9.97. The van der Waals surface area contributed by atoms with Crippen molar-refractivity contribution in [2.45, 2.75) is 58.6 Å². The minimum Gasteiger partial charge on any atom is -0.444 e. The fourth-order valence-corrected chi connectivity index (χ4v) is 3.11. The Balaban J connectivity index is 1.92. The van der Waals surface area contributed by atoms with Crippen molar-refractivity contribution in [1.82, 2.24) is 9.80 Å². The number of amides is 2. The summed E-state index contributed by atoms with van der Waals surface area (Å²) in [5.41, 5.74) is -0.456. The van der Waals surface area contributed by atoms with Crippen LogP contribution in [0.3, 0.4) is 0 Å². The highest BCUT2D eigenvalue weighted by atomic mass is 16.6. The molecule has 114 valence electrons. The molecule has 2 saturated heterocycles. The molecule has 20 heavy (non-hydrogen) atoms. The van der Waals surface area contributed by atoms with Gasteiger partial charge in [0.25, 0.3) is 0 Å². The van der Waals surface area contributed by atoms with Gasteiger partial charge in [0, 0.05) is 32.1 Å². The number of piperidine rings is 1. The van der Waals surface area contributed by atoms with Gasteiger partial charge in [0.05, 0.1) is 0 Å². The van der Waals surface area contributed by atoms with Crippen LogP contribution >= 0.6 is 0 Å². The first kappa shape index (κ1) is 15.1. The van der Waals surface area contributed by atoms with E-state index in [1.807, 2.05) is 25.7 Å². The van der Waals surface area contributed by atoms with Gasteiger partial charge in [0.15, 0.2) is 0 Å². The topological polar surface area (TPSA) is 49.9 Å². The van der Waals surface area contributed by atoms with Gasteiger partial charge in [-0.05, 0) is 39.5 Å². The molecule has 0 radical (unpaired) electrons. The lowest BCUT2D eigenvalue weighted by atomic mass is 9.93. The molecular weight excluding hydrogens is 256 g/mol. The first-order chi connectivity index (χ1) is 9.28. The second-order valence-corrected chi connectivity index (χ2v) is 6.95. The third kappa shape index (κ3) is 3.44. The zero-order valence-electron chi connectivity index (χ0n) is 13.0. The minimum atomic E-state index is -0.456. The van der Waals surface area contributed by atoms with E-state index in [1.54, 1.807) is 4.90 Å². The Kier molecular flexibility index (Phi) is 4.25. The standard InChI is InChI=1S/C15H26N2O3/c1-11-10-16(14(19)20-15(2,3)4)9-7-12(11)17-8-5-6-13(17)18/h11-12H,5-10H2,1-4H3/t11-,12+/m0/s1. The Morgan fingerprint density at radius 3 is 2.50 bits per heavy atom. The normalized spacial score (nSPS) is 27.9. The lowest BCUT2D eigenvalue weighted by Crippen LogP contribution is -2.52. The molecule has 0 aliphatic carbocycles. The second-order valence-electron chi connectivity index (χ2n) is 6.95. The van der Waals surface area contributed by atoms with Gasteiger partial charge >= 0.3 is 6.09 Å². The highest BCUT2D eigenvalue weighted by Crippen LogP contribution is 2.27. The molecule has 0 spiro atoms. The van der Waals surface area contributed by atoms with Gasteiger partial charge < -0.3 is 14.5 Å². The van der Waals surface area contributed by atoms with Crippen molar-refractivity contribution in [3.63, 3.8) is 0 Å². The van der Waals surface area contributed by atoms with Crippen molar-refractivity contribution in [1.29, 1.82) is 0 Å². The number of ether oxygens (including phenoxy) is 1. The van der Waals surface area contributed by atoms with Crippen LogP contribution in [-0.4, -0.2) is 53.1 Å². The lowest BCUT2D eigenvalue weighted by Gasteiger charge is -2.41. The van der Waals surface area contributed by atoms with Gasteiger partial charge in [-0.25, -0.2) is 4.79 Å². The Morgan fingerprint density at radius 1 is 1.30 bits per heavy atom. The maximum Gasteiger partial charge on any atom is 0.410 e. The van der Waals surface area contributed by atoms with Gasteiger partial charge in [0.2, 0.25) is 5.91 Å². The quantitative estimate of drug-likeness (QED) is 0.741. The van der Waals surface area contributed by atoms with Gasteiger partial charge in [-0.3, -0.25) is 4.79 Å². The molecule has 2 atom stereocenters. The van der Waals surface area contributed by atoms with E-state index >= 15 is 0 Å². The number of nitrogens with zero attached hydrogens (tertiary/aromatic N) is 2. The third-order valence-electron chi connectivity index (χ3n) is 4.02. The van der Waals surface area contributed by atoms with Crippen LogP contribution in [0.1, 0.15) is 47.0 Å². The predicted octanol–water partition coefficient (Wildman–Crippen LogP) is 2.25. The van der Waals surface area contributed by atoms with E-state index < -0.39 is 5.60 Å². The third-order valence-corrected chi connectivity index (χ3v) is 4.02. The molecule has 5 nitrogen and oxygen atoms in total. The number of likely N-dealkylation sites (tertiary alicyclic amines) is 2. The second kappa shape index (κ2) is 5.62. The maximum absolute atomic E-state index is 12.1. The summed E-state index contributed by atoms with van der Waals surface area (Å²) in [5.74, 6) is 0.575. The summed E-state index contributed by atoms with van der Waals surface area (Å²) >= 11 is 0. The van der Waals surface area contributed by atoms with Crippen LogP contribution < -0.4 is 0 Å². The molecule has 2 aliphatic heterocycles. The van der Waals surface area contributed by atoms with Crippen molar-refractivity contribution in [3.8, 4) is 0 Å². The van der Waals surface area contributed by atoms with Crippen LogP contribution in [0, 0.1) is 5.92 Å². The van der Waals surface area contributed by atoms with Gasteiger partial charge in [-0.1, -0.05) is 6.92 Å². The molecule has 2 amide bonds. The molecule has 2 rings (SSSR count). The van der Waals surface area contributed by atoms with Crippen LogP contribution in [0.4, 0.5) is 4.79 Å². The van der Waals surface area contributed by atoms with Crippen LogP contribution in [-0.2, 0) is 9.53 Å². The molecule has 2 heterocycles. The summed E-state index contributed by atoms with van der Waals surface area (Å²) in [4.78, 5) is 27.7. The summed E-state index contributed by atoms with van der Waals surface area (Å²) in [5, 5.41) is 0. The highest BCUT2D eigenvalue weighted by Gasteiger charge is 2.37. The molecular formula is C15H26N2O3. The lowest BCUT2D eigenvalue weighted by molar-refractivity contribution is -0.131. The van der Waals surface area contributed by atoms with E-state index in [0.717, 1.165) is 19.4 Å². The minimum absolute atomic E-state index is 0.240. The molecule has 0 N–H and O–H groups in total. The van der Waals surface area contributed by atoms with Crippen LogP contribution in [0.2, 0.25) is 0 Å². The summed E-state index contributed by atoms with van der Waals surface area (Å²) in [7, 11) is 0. The Bertz CT molecular complexity index is 389. The van der Waals surface area contributed by atoms with E-state index in [1.165, 1.54) is 0 Å². The summed E-state index contributed by atoms with van der Waals surface area (Å²) < 4.78 is 5.41. The Labute approximate surface area is 121 Å². The molecule has 2 fully saturated rings. The molecule has 0 saturated carbocycles. The SMILES string of the molecule is C[C@H]1CN(C(=O)OC(C)(C)C)CC[C@H]1N1CCCC1=O. The van der Waals surface area contributed by atoms with E-state index in [4.69, 9.17) is 4.74 Å². The molecule has 0 aromatic rings. The van der Waals surface area contributed by atoms with Gasteiger partial charge in [-0.2, -0.15) is 0 Å². The maximum atomic E-state index is 12.1. The van der Waals surface area contributed by atoms with Crippen molar-refractivity contribution in [2.24, 2.45) is 5.92 Å². The monoisotopic (exact) mass is 282 g/mol. The zero-order chi connectivity index (χ0) is 14.9. The van der Waals surface area contributed by atoms with Crippen LogP contribution in [0.5, 0.6) is 0 Å². The van der Waals surface area contributed by atoms with Crippen LogP contribution in [0.25, 0.3) is 0 Å². The van der Waals surface area contributed by atoms with Crippen molar-refractivity contribution in [2.75, 3.05) is 19.6 Å². The van der Waals surface area contributed by atoms with Gasteiger partial charge in [0.1, 0.15) is 5.60 Å². The number of hydrogen-bond donors (Lipinski definition) is 0. The molecule has 2 aliphatic rings. The molecule has 0 aromatic carbocycles. The molecule has 0 aromatic heterocycles. The van der Waals surface area contributed by atoms with Crippen molar-refractivity contribution < 1.29 is 14.3 Å². The van der Waals surface area contributed by atoms with Crippen LogP contribution in [0.15, 0.2) is 0 Å². The van der Waals surface area contributed by atoms with E-state index in [-0.39, 0.29) is 18.0 Å². The predicted molar refractivity (Wildman–Crippen MR) is 76.3 cm³/mol. The van der Waals surface area contributed by atoms with Gasteiger partial charge in [-0.15, -0.1) is 0 Å².